The van der Waals surface area contributed by atoms with Crippen molar-refractivity contribution in [1.29, 1.82) is 0 Å². The number of nitrogens with zero attached hydrogens (tertiary/aromatic N) is 1. The molecule has 0 aliphatic carbocycles. The molecule has 19 heavy (non-hydrogen) atoms. The molecule has 0 radical (unpaired) electrons. The minimum absolute atomic E-state index is 0.0297. The first kappa shape index (κ1) is 14.1. The van der Waals surface area contributed by atoms with E-state index in [9.17, 15) is 4.79 Å². The molecule has 0 saturated heterocycles. The molecule has 0 bridgehead atoms. The number of amides is 1. The Morgan fingerprint density at radius 3 is 2.63 bits per heavy atom. The minimum atomic E-state index is -0.196. The molecule has 0 spiro atoms. The van der Waals surface area contributed by atoms with Gasteiger partial charge >= 0.3 is 0 Å². The molecule has 1 heterocycles. The van der Waals surface area contributed by atoms with Gasteiger partial charge in [0.05, 0.1) is 10.3 Å². The molecule has 1 aromatic heterocycles. The summed E-state index contributed by atoms with van der Waals surface area (Å²) in [5.41, 5.74) is 0.793. The number of halogens is 1. The van der Waals surface area contributed by atoms with E-state index < -0.39 is 0 Å². The second-order valence-corrected chi connectivity index (χ2v) is 6.20. The third-order valence-corrected chi connectivity index (χ3v) is 4.00. The number of carbonyl (C=O) groups excluding carboxylic acids is 1. The number of anilines is 1. The molecule has 5 heteroatoms. The lowest BCUT2D eigenvalue weighted by Crippen LogP contribution is -2.22. The SMILES string of the molecule is CC(Sc1ccccn1)C(=O)Nc1ccc(Br)cc1. The van der Waals surface area contributed by atoms with Crippen LogP contribution in [0.25, 0.3) is 0 Å². The lowest BCUT2D eigenvalue weighted by molar-refractivity contribution is -0.115. The van der Waals surface area contributed by atoms with Crippen molar-refractivity contribution >= 4 is 39.3 Å². The van der Waals surface area contributed by atoms with Crippen LogP contribution in [-0.2, 0) is 4.79 Å². The van der Waals surface area contributed by atoms with Crippen LogP contribution in [0.4, 0.5) is 5.69 Å². The maximum atomic E-state index is 12.0. The average molecular weight is 337 g/mol. The molecular weight excluding hydrogens is 324 g/mol. The molecule has 1 N–H and O–H groups in total. The predicted molar refractivity (Wildman–Crippen MR) is 82.3 cm³/mol. The first-order valence-corrected chi connectivity index (χ1v) is 7.46. The zero-order valence-electron chi connectivity index (χ0n) is 10.3. The number of hydrogen-bond donors (Lipinski definition) is 1. The van der Waals surface area contributed by atoms with Crippen molar-refractivity contribution < 1.29 is 4.79 Å². The van der Waals surface area contributed by atoms with Gasteiger partial charge in [-0.05, 0) is 43.3 Å². The molecule has 0 fully saturated rings. The van der Waals surface area contributed by atoms with Gasteiger partial charge in [-0.2, -0.15) is 0 Å². The van der Waals surface area contributed by atoms with Crippen LogP contribution in [0.5, 0.6) is 0 Å². The minimum Gasteiger partial charge on any atom is -0.325 e. The van der Waals surface area contributed by atoms with E-state index in [1.807, 2.05) is 49.4 Å². The van der Waals surface area contributed by atoms with Crippen LogP contribution in [0, 0.1) is 0 Å². The van der Waals surface area contributed by atoms with Crippen molar-refractivity contribution in [2.45, 2.75) is 17.2 Å². The topological polar surface area (TPSA) is 42.0 Å². The zero-order chi connectivity index (χ0) is 13.7. The summed E-state index contributed by atoms with van der Waals surface area (Å²) in [6, 6.07) is 13.2. The summed E-state index contributed by atoms with van der Waals surface area (Å²) in [6.07, 6.45) is 1.72. The van der Waals surface area contributed by atoms with Gasteiger partial charge in [-0.25, -0.2) is 4.98 Å². The van der Waals surface area contributed by atoms with E-state index in [0.717, 1.165) is 15.2 Å². The fourth-order valence-corrected chi connectivity index (χ4v) is 2.50. The van der Waals surface area contributed by atoms with Crippen molar-refractivity contribution in [2.75, 3.05) is 5.32 Å². The summed E-state index contributed by atoms with van der Waals surface area (Å²) in [6.45, 7) is 1.87. The Balaban J connectivity index is 1.94. The molecule has 2 aromatic rings. The molecule has 1 amide bonds. The van der Waals surface area contributed by atoms with Gasteiger partial charge in [0.15, 0.2) is 0 Å². The van der Waals surface area contributed by atoms with Gasteiger partial charge in [-0.1, -0.05) is 33.8 Å². The van der Waals surface area contributed by atoms with Gasteiger partial charge in [-0.15, -0.1) is 0 Å². The molecule has 98 valence electrons. The Morgan fingerprint density at radius 2 is 2.00 bits per heavy atom. The maximum absolute atomic E-state index is 12.0. The first-order chi connectivity index (χ1) is 9.15. The number of thioether (sulfide) groups is 1. The van der Waals surface area contributed by atoms with Crippen molar-refractivity contribution in [3.63, 3.8) is 0 Å². The van der Waals surface area contributed by atoms with Crippen LogP contribution in [0.2, 0.25) is 0 Å². The normalized spacial score (nSPS) is 11.9. The molecule has 0 saturated carbocycles. The lowest BCUT2D eigenvalue weighted by Gasteiger charge is -2.11. The Bertz CT molecular complexity index is 545. The molecule has 2 rings (SSSR count). The van der Waals surface area contributed by atoms with Gasteiger partial charge in [-0.3, -0.25) is 4.79 Å². The number of carbonyl (C=O) groups is 1. The first-order valence-electron chi connectivity index (χ1n) is 5.79. The quantitative estimate of drug-likeness (QED) is 0.859. The van der Waals surface area contributed by atoms with Crippen molar-refractivity contribution in [2.24, 2.45) is 0 Å². The van der Waals surface area contributed by atoms with Crippen molar-refractivity contribution in [1.82, 2.24) is 4.98 Å². The summed E-state index contributed by atoms with van der Waals surface area (Å²) in [5, 5.41) is 3.53. The highest BCUT2D eigenvalue weighted by Crippen LogP contribution is 2.22. The number of benzene rings is 1. The van der Waals surface area contributed by atoms with Crippen LogP contribution < -0.4 is 5.32 Å². The van der Waals surface area contributed by atoms with E-state index in [4.69, 9.17) is 0 Å². The molecule has 1 atom stereocenters. The van der Waals surface area contributed by atoms with E-state index in [1.54, 1.807) is 6.20 Å². The fourth-order valence-electron chi connectivity index (χ4n) is 1.43. The highest BCUT2D eigenvalue weighted by Gasteiger charge is 2.14. The van der Waals surface area contributed by atoms with Crippen LogP contribution in [-0.4, -0.2) is 16.1 Å². The number of aromatic nitrogens is 1. The number of rotatable bonds is 4. The van der Waals surface area contributed by atoms with E-state index in [-0.39, 0.29) is 11.2 Å². The van der Waals surface area contributed by atoms with E-state index in [1.165, 1.54) is 11.8 Å². The molecule has 1 aromatic carbocycles. The van der Waals surface area contributed by atoms with Gasteiger partial charge < -0.3 is 5.32 Å². The number of hydrogen-bond acceptors (Lipinski definition) is 3. The Labute approximate surface area is 125 Å². The Kier molecular flexibility index (Phi) is 4.99. The van der Waals surface area contributed by atoms with Crippen LogP contribution in [0.1, 0.15) is 6.92 Å². The highest BCUT2D eigenvalue weighted by molar-refractivity contribution is 9.10. The number of pyridine rings is 1. The highest BCUT2D eigenvalue weighted by atomic mass is 79.9. The average Bonchev–Trinajstić information content (AvgIpc) is 2.42. The largest absolute Gasteiger partial charge is 0.325 e. The van der Waals surface area contributed by atoms with Gasteiger partial charge in [0.2, 0.25) is 5.91 Å². The van der Waals surface area contributed by atoms with Crippen LogP contribution >= 0.6 is 27.7 Å². The maximum Gasteiger partial charge on any atom is 0.237 e. The second-order valence-electron chi connectivity index (χ2n) is 3.92. The van der Waals surface area contributed by atoms with Crippen molar-refractivity contribution in [3.05, 3.63) is 53.1 Å². The third-order valence-electron chi connectivity index (χ3n) is 2.42. The standard InChI is InChI=1S/C14H13BrN2OS/c1-10(19-13-4-2-3-9-16-13)14(18)17-12-7-5-11(15)6-8-12/h2-10H,1H3,(H,17,18). The molecular formula is C14H13BrN2OS. The van der Waals surface area contributed by atoms with Gasteiger partial charge in [0.25, 0.3) is 0 Å². The summed E-state index contributed by atoms with van der Waals surface area (Å²) >= 11 is 4.80. The smallest absolute Gasteiger partial charge is 0.237 e. The molecule has 3 nitrogen and oxygen atoms in total. The van der Waals surface area contributed by atoms with Gasteiger partial charge in [0, 0.05) is 16.4 Å². The summed E-state index contributed by atoms with van der Waals surface area (Å²) in [7, 11) is 0. The fraction of sp³-hybridized carbons (Fsp3) is 0.143. The molecule has 0 aliphatic rings. The molecule has 1 unspecified atom stereocenters. The lowest BCUT2D eigenvalue weighted by atomic mass is 10.3. The monoisotopic (exact) mass is 336 g/mol. The second kappa shape index (κ2) is 6.73. The summed E-state index contributed by atoms with van der Waals surface area (Å²) in [5.74, 6) is -0.0297. The zero-order valence-corrected chi connectivity index (χ0v) is 12.7. The summed E-state index contributed by atoms with van der Waals surface area (Å²) < 4.78 is 0.987. The van der Waals surface area contributed by atoms with Crippen molar-refractivity contribution in [3.8, 4) is 0 Å². The van der Waals surface area contributed by atoms with Gasteiger partial charge in [0.1, 0.15) is 0 Å². The third kappa shape index (κ3) is 4.36. The Morgan fingerprint density at radius 1 is 1.26 bits per heavy atom. The van der Waals surface area contributed by atoms with Crippen LogP contribution in [0.15, 0.2) is 58.2 Å². The Hall–Kier alpha value is -1.33. The van der Waals surface area contributed by atoms with E-state index in [2.05, 4.69) is 26.2 Å². The van der Waals surface area contributed by atoms with E-state index >= 15 is 0 Å². The van der Waals surface area contributed by atoms with E-state index in [0.29, 0.717) is 0 Å². The number of nitrogens with one attached hydrogen (secondary N) is 1. The molecule has 0 aliphatic heterocycles. The summed E-state index contributed by atoms with van der Waals surface area (Å²) in [4.78, 5) is 16.2. The van der Waals surface area contributed by atoms with Crippen LogP contribution in [0.3, 0.4) is 0 Å². The predicted octanol–water partition coefficient (Wildman–Crippen LogP) is 3.96.